The second kappa shape index (κ2) is 12.7. The van der Waals surface area contributed by atoms with E-state index in [1.807, 2.05) is 91.0 Å². The van der Waals surface area contributed by atoms with Gasteiger partial charge < -0.3 is 4.42 Å². The Morgan fingerprint density at radius 1 is 0.373 bits per heavy atom. The number of nitriles is 1. The molecule has 4 nitrogen and oxygen atoms in total. The summed E-state index contributed by atoms with van der Waals surface area (Å²) in [7, 11) is 0. The van der Waals surface area contributed by atoms with Gasteiger partial charge in [-0.15, -0.1) is 0 Å². The van der Waals surface area contributed by atoms with Gasteiger partial charge >= 0.3 is 0 Å². The smallest absolute Gasteiger partial charge is 0.136 e. The molecule has 7 aromatic carbocycles. The lowest BCUT2D eigenvalue weighted by Crippen LogP contribution is -2.01. The first-order chi connectivity index (χ1) is 25.2. The molecule has 0 atom stereocenters. The number of hydrogen-bond acceptors (Lipinski definition) is 4. The largest absolute Gasteiger partial charge is 0.456 e. The molecule has 0 saturated heterocycles. The maximum atomic E-state index is 9.16. The van der Waals surface area contributed by atoms with Gasteiger partial charge in [-0.25, -0.2) is 9.97 Å². The normalized spacial score (nSPS) is 11.1. The first kappa shape index (κ1) is 30.0. The van der Waals surface area contributed by atoms with Gasteiger partial charge in [-0.3, -0.25) is 0 Å². The second-order valence-electron chi connectivity index (χ2n) is 12.5. The monoisotopic (exact) mass is 651 g/mol. The molecule has 0 aliphatic heterocycles. The molecule has 0 N–H and O–H groups in total. The highest BCUT2D eigenvalue weighted by Crippen LogP contribution is 2.42. The van der Waals surface area contributed by atoms with E-state index >= 15 is 0 Å². The van der Waals surface area contributed by atoms with Crippen LogP contribution < -0.4 is 0 Å². The maximum absolute atomic E-state index is 9.16. The summed E-state index contributed by atoms with van der Waals surface area (Å²) in [6.45, 7) is 0. The van der Waals surface area contributed by atoms with E-state index in [9.17, 15) is 0 Å². The first-order valence-electron chi connectivity index (χ1n) is 16.9. The second-order valence-corrected chi connectivity index (χ2v) is 12.5. The molecule has 0 fully saturated rings. The van der Waals surface area contributed by atoms with Gasteiger partial charge in [-0.1, -0.05) is 152 Å². The van der Waals surface area contributed by atoms with Crippen LogP contribution in [-0.4, -0.2) is 9.97 Å². The van der Waals surface area contributed by atoms with Crippen LogP contribution in [0.5, 0.6) is 0 Å². The van der Waals surface area contributed by atoms with Crippen molar-refractivity contribution in [3.05, 3.63) is 181 Å². The van der Waals surface area contributed by atoms with Crippen LogP contribution in [0.2, 0.25) is 0 Å². The maximum Gasteiger partial charge on any atom is 0.136 e. The van der Waals surface area contributed by atoms with E-state index in [1.54, 1.807) is 0 Å². The Balaban J connectivity index is 1.21. The number of hydrogen-bond donors (Lipinski definition) is 0. The van der Waals surface area contributed by atoms with Crippen LogP contribution in [0.15, 0.2) is 180 Å². The van der Waals surface area contributed by atoms with E-state index in [4.69, 9.17) is 19.6 Å². The quantitative estimate of drug-likeness (QED) is 0.179. The van der Waals surface area contributed by atoms with Crippen LogP contribution >= 0.6 is 0 Å². The minimum absolute atomic E-state index is 0.656. The van der Waals surface area contributed by atoms with Gasteiger partial charge in [-0.05, 0) is 46.5 Å². The van der Waals surface area contributed by atoms with Gasteiger partial charge in [0.15, 0.2) is 0 Å². The highest BCUT2D eigenvalue weighted by Gasteiger charge is 2.22. The van der Waals surface area contributed by atoms with Crippen molar-refractivity contribution in [1.29, 1.82) is 5.26 Å². The Labute approximate surface area is 295 Å². The van der Waals surface area contributed by atoms with Gasteiger partial charge in [0.2, 0.25) is 0 Å². The molecule has 51 heavy (non-hydrogen) atoms. The minimum Gasteiger partial charge on any atom is -0.456 e. The van der Waals surface area contributed by atoms with E-state index in [1.165, 1.54) is 0 Å². The Bertz CT molecular complexity index is 2710. The van der Waals surface area contributed by atoms with Gasteiger partial charge in [0.25, 0.3) is 0 Å². The number of furan rings is 1. The van der Waals surface area contributed by atoms with Crippen LogP contribution in [0, 0.1) is 11.3 Å². The fourth-order valence-electron chi connectivity index (χ4n) is 6.80. The third-order valence-corrected chi connectivity index (χ3v) is 9.37. The Morgan fingerprint density at radius 2 is 0.804 bits per heavy atom. The van der Waals surface area contributed by atoms with E-state index in [-0.39, 0.29) is 0 Å². The molecule has 2 aromatic heterocycles. The molecule has 0 aliphatic carbocycles. The molecule has 9 aromatic rings. The van der Waals surface area contributed by atoms with Crippen molar-refractivity contribution >= 4 is 21.9 Å². The van der Waals surface area contributed by atoms with E-state index in [2.05, 4.69) is 91.0 Å². The summed E-state index contributed by atoms with van der Waals surface area (Å²) in [5.41, 5.74) is 13.9. The van der Waals surface area contributed by atoms with E-state index in [0.717, 1.165) is 89.2 Å². The zero-order chi connectivity index (χ0) is 34.1. The molecule has 0 aliphatic rings. The topological polar surface area (TPSA) is 62.7 Å². The molecule has 2 heterocycles. The zero-order valence-corrected chi connectivity index (χ0v) is 27.5. The molecular formula is C47H29N3O. The number of aromatic nitrogens is 2. The average Bonchev–Trinajstić information content (AvgIpc) is 3.60. The number of benzene rings is 7. The summed E-state index contributed by atoms with van der Waals surface area (Å²) >= 11 is 0. The summed E-state index contributed by atoms with van der Waals surface area (Å²) in [4.78, 5) is 11.0. The fourth-order valence-corrected chi connectivity index (χ4v) is 6.80. The Hall–Kier alpha value is -7.09. The zero-order valence-electron chi connectivity index (χ0n) is 27.5. The van der Waals surface area contributed by atoms with Crippen LogP contribution in [0.25, 0.3) is 89.2 Å². The van der Waals surface area contributed by atoms with Crippen LogP contribution in [0.4, 0.5) is 0 Å². The number of nitrogens with zero attached hydrogens (tertiary/aromatic N) is 3. The lowest BCUT2D eigenvalue weighted by molar-refractivity contribution is 0.669. The molecule has 0 amide bonds. The molecule has 0 unspecified atom stereocenters. The van der Waals surface area contributed by atoms with Crippen molar-refractivity contribution in [2.24, 2.45) is 0 Å². The summed E-state index contributed by atoms with van der Waals surface area (Å²) in [6, 6.07) is 61.9. The number of para-hydroxylation sites is 1. The summed E-state index contributed by atoms with van der Waals surface area (Å²) in [5, 5.41) is 11.2. The lowest BCUT2D eigenvalue weighted by atomic mass is 9.95. The molecule has 0 bridgehead atoms. The fraction of sp³-hybridized carbons (Fsp3) is 0. The third kappa shape index (κ3) is 5.53. The SMILES string of the molecule is N#Cc1ccc(-c2ccc(-c3ccc(-c4nc(-c5ccccc5)c(-c5ccccc5)nc4-c4cccc5oc6ccccc6c45)cc3)cc2)cc1. The van der Waals surface area contributed by atoms with E-state index in [0.29, 0.717) is 5.56 Å². The average molecular weight is 652 g/mol. The van der Waals surface area contributed by atoms with Crippen LogP contribution in [0.3, 0.4) is 0 Å². The minimum atomic E-state index is 0.656. The predicted molar refractivity (Wildman–Crippen MR) is 207 cm³/mol. The van der Waals surface area contributed by atoms with E-state index < -0.39 is 0 Å². The number of fused-ring (bicyclic) bond motifs is 3. The highest BCUT2D eigenvalue weighted by molar-refractivity contribution is 6.13. The molecule has 0 saturated carbocycles. The summed E-state index contributed by atoms with van der Waals surface area (Å²) in [6.07, 6.45) is 0. The Morgan fingerprint density at radius 3 is 1.37 bits per heavy atom. The van der Waals surface area contributed by atoms with Gasteiger partial charge in [0.05, 0.1) is 34.4 Å². The van der Waals surface area contributed by atoms with Gasteiger partial charge in [0, 0.05) is 33.0 Å². The molecule has 0 spiro atoms. The van der Waals surface area contributed by atoms with Gasteiger partial charge in [0.1, 0.15) is 11.2 Å². The van der Waals surface area contributed by atoms with Crippen molar-refractivity contribution < 1.29 is 4.42 Å². The third-order valence-electron chi connectivity index (χ3n) is 9.37. The van der Waals surface area contributed by atoms with Crippen molar-refractivity contribution in [3.8, 4) is 73.4 Å². The molecular weight excluding hydrogens is 623 g/mol. The van der Waals surface area contributed by atoms with Crippen molar-refractivity contribution in [2.75, 3.05) is 0 Å². The van der Waals surface area contributed by atoms with Gasteiger partial charge in [-0.2, -0.15) is 5.26 Å². The number of rotatable bonds is 6. The van der Waals surface area contributed by atoms with Crippen molar-refractivity contribution in [2.45, 2.75) is 0 Å². The lowest BCUT2D eigenvalue weighted by Gasteiger charge is -2.17. The van der Waals surface area contributed by atoms with Crippen LogP contribution in [-0.2, 0) is 0 Å². The highest BCUT2D eigenvalue weighted by atomic mass is 16.3. The predicted octanol–water partition coefficient (Wildman–Crippen LogP) is 12.2. The van der Waals surface area contributed by atoms with Crippen molar-refractivity contribution in [3.63, 3.8) is 0 Å². The summed E-state index contributed by atoms with van der Waals surface area (Å²) < 4.78 is 6.32. The molecule has 238 valence electrons. The molecule has 0 radical (unpaired) electrons. The van der Waals surface area contributed by atoms with Crippen LogP contribution in [0.1, 0.15) is 5.56 Å². The Kier molecular flexibility index (Phi) is 7.50. The first-order valence-corrected chi connectivity index (χ1v) is 16.9. The molecule has 4 heteroatoms. The van der Waals surface area contributed by atoms with Crippen molar-refractivity contribution in [1.82, 2.24) is 9.97 Å². The standard InChI is InChI=1S/C47H29N3O/c48-30-31-18-20-32(21-19-31)33-22-24-34(25-23-33)35-26-28-38(29-27-35)46-47(40-15-9-17-42-43(40)39-14-7-8-16-41(39)51-42)50-45(37-12-5-2-6-13-37)44(49-46)36-10-3-1-4-11-36/h1-29H. The summed E-state index contributed by atoms with van der Waals surface area (Å²) in [5.74, 6) is 0. The molecule has 9 rings (SSSR count).